The number of carbonyl (C=O) groups excluding carboxylic acids is 2. The summed E-state index contributed by atoms with van der Waals surface area (Å²) in [5, 5.41) is 0. The van der Waals surface area contributed by atoms with Crippen molar-refractivity contribution >= 4 is 12.0 Å². The van der Waals surface area contributed by atoms with E-state index in [1.165, 1.54) is 4.90 Å². The number of ether oxygens (including phenoxy) is 1. The predicted octanol–water partition coefficient (Wildman–Crippen LogP) is 5.55. The van der Waals surface area contributed by atoms with Gasteiger partial charge in [0.15, 0.2) is 0 Å². The fourth-order valence-electron chi connectivity index (χ4n) is 4.22. The highest BCUT2D eigenvalue weighted by molar-refractivity contribution is 5.95. The molecule has 0 saturated carbocycles. The Bertz CT molecular complexity index is 918. The van der Waals surface area contributed by atoms with Gasteiger partial charge < -0.3 is 4.74 Å². The molecule has 0 bridgehead atoms. The SMILES string of the molecule is C=CCCCC(Cc1cc(C)c(F)c(C)c1)C(=O)N1C(=O)OC[C@H]1Cc1ccccc1. The third-order valence-electron chi connectivity index (χ3n) is 5.80. The molecule has 2 aromatic carbocycles. The number of benzene rings is 2. The van der Waals surface area contributed by atoms with Gasteiger partial charge in [0.2, 0.25) is 5.91 Å². The molecule has 3 rings (SSSR count). The van der Waals surface area contributed by atoms with E-state index in [9.17, 15) is 14.0 Å². The highest BCUT2D eigenvalue weighted by Crippen LogP contribution is 2.26. The van der Waals surface area contributed by atoms with Crippen molar-refractivity contribution in [1.29, 1.82) is 0 Å². The van der Waals surface area contributed by atoms with Crippen molar-refractivity contribution < 1.29 is 18.7 Å². The number of hydrogen-bond acceptors (Lipinski definition) is 3. The lowest BCUT2D eigenvalue weighted by Gasteiger charge is -2.25. The number of hydrogen-bond donors (Lipinski definition) is 0. The molecule has 1 heterocycles. The molecule has 5 heteroatoms. The molecule has 1 aliphatic heterocycles. The average Bonchev–Trinajstić information content (AvgIpc) is 3.11. The predicted molar refractivity (Wildman–Crippen MR) is 119 cm³/mol. The van der Waals surface area contributed by atoms with Crippen LogP contribution in [0.15, 0.2) is 55.1 Å². The van der Waals surface area contributed by atoms with Crippen LogP contribution < -0.4 is 0 Å². The first-order valence-electron chi connectivity index (χ1n) is 10.8. The van der Waals surface area contributed by atoms with Gasteiger partial charge in [-0.1, -0.05) is 48.5 Å². The Kier molecular flexibility index (Phi) is 7.61. The molecule has 1 saturated heterocycles. The molecule has 1 aliphatic rings. The monoisotopic (exact) mass is 423 g/mol. The lowest BCUT2D eigenvalue weighted by Crippen LogP contribution is -2.44. The van der Waals surface area contributed by atoms with E-state index in [4.69, 9.17) is 4.74 Å². The van der Waals surface area contributed by atoms with Crippen molar-refractivity contribution in [2.45, 2.75) is 52.0 Å². The number of aryl methyl sites for hydroxylation is 2. The smallest absolute Gasteiger partial charge is 0.416 e. The van der Waals surface area contributed by atoms with Gasteiger partial charge in [-0.15, -0.1) is 6.58 Å². The fraction of sp³-hybridized carbons (Fsp3) is 0.385. The molecule has 164 valence electrons. The third-order valence-corrected chi connectivity index (χ3v) is 5.80. The zero-order valence-electron chi connectivity index (χ0n) is 18.3. The lowest BCUT2D eigenvalue weighted by molar-refractivity contribution is -0.133. The number of halogens is 1. The van der Waals surface area contributed by atoms with Gasteiger partial charge in [0.25, 0.3) is 0 Å². The van der Waals surface area contributed by atoms with Crippen LogP contribution in [0.4, 0.5) is 9.18 Å². The molecule has 2 atom stereocenters. The third kappa shape index (κ3) is 5.60. The quantitative estimate of drug-likeness (QED) is 0.393. The number of carbonyl (C=O) groups is 2. The van der Waals surface area contributed by atoms with Crippen molar-refractivity contribution in [1.82, 2.24) is 4.90 Å². The highest BCUT2D eigenvalue weighted by Gasteiger charge is 2.40. The summed E-state index contributed by atoms with van der Waals surface area (Å²) in [5.74, 6) is -0.815. The number of rotatable bonds is 9. The molecule has 4 nitrogen and oxygen atoms in total. The molecular weight excluding hydrogens is 393 g/mol. The van der Waals surface area contributed by atoms with Crippen molar-refractivity contribution in [3.63, 3.8) is 0 Å². The van der Waals surface area contributed by atoms with Crippen molar-refractivity contribution in [2.75, 3.05) is 6.61 Å². The van der Waals surface area contributed by atoms with Gasteiger partial charge >= 0.3 is 6.09 Å². The minimum atomic E-state index is -0.578. The summed E-state index contributed by atoms with van der Waals surface area (Å²) >= 11 is 0. The maximum atomic E-state index is 14.1. The van der Waals surface area contributed by atoms with E-state index in [2.05, 4.69) is 6.58 Å². The molecule has 0 spiro atoms. The van der Waals surface area contributed by atoms with E-state index >= 15 is 0 Å². The van der Waals surface area contributed by atoms with E-state index in [0.717, 1.165) is 24.0 Å². The van der Waals surface area contributed by atoms with Crippen LogP contribution in [0, 0.1) is 25.6 Å². The van der Waals surface area contributed by atoms with Crippen LogP contribution in [-0.4, -0.2) is 29.5 Å². The number of amides is 2. The molecule has 2 amide bonds. The second-order valence-corrected chi connectivity index (χ2v) is 8.29. The topological polar surface area (TPSA) is 46.6 Å². The van der Waals surface area contributed by atoms with Gasteiger partial charge in [-0.2, -0.15) is 0 Å². The van der Waals surface area contributed by atoms with E-state index < -0.39 is 6.09 Å². The van der Waals surface area contributed by atoms with Gasteiger partial charge in [-0.05, 0) is 68.2 Å². The molecule has 0 aliphatic carbocycles. The zero-order chi connectivity index (χ0) is 22.4. The zero-order valence-corrected chi connectivity index (χ0v) is 18.3. The van der Waals surface area contributed by atoms with Crippen LogP contribution in [-0.2, 0) is 22.4 Å². The van der Waals surface area contributed by atoms with Crippen molar-refractivity contribution in [2.24, 2.45) is 5.92 Å². The van der Waals surface area contributed by atoms with Gasteiger partial charge in [0, 0.05) is 5.92 Å². The number of imide groups is 1. The van der Waals surface area contributed by atoms with Crippen molar-refractivity contribution in [3.05, 3.63) is 83.2 Å². The number of unbranched alkanes of at least 4 members (excludes halogenated alkanes) is 1. The van der Waals surface area contributed by atoms with Gasteiger partial charge in [0.05, 0.1) is 6.04 Å². The standard InChI is InChI=1S/C26H30FNO3/c1-4-5-7-12-22(15-21-13-18(2)24(27)19(3)14-21)25(29)28-23(17-31-26(28)30)16-20-10-8-6-9-11-20/h4,6,8-11,13-14,22-23H,1,5,7,12,15-17H2,2-3H3/t22?,23-/m1/s1. The van der Waals surface area contributed by atoms with Crippen LogP contribution in [0.2, 0.25) is 0 Å². The number of cyclic esters (lactones) is 1. The van der Waals surface area contributed by atoms with Gasteiger partial charge in [0.1, 0.15) is 12.4 Å². The largest absolute Gasteiger partial charge is 0.447 e. The Labute approximate surface area is 183 Å². The van der Waals surface area contributed by atoms with E-state index in [1.54, 1.807) is 26.0 Å². The molecular formula is C26H30FNO3. The van der Waals surface area contributed by atoms with Crippen LogP contribution in [0.25, 0.3) is 0 Å². The number of allylic oxidation sites excluding steroid dienone is 1. The first kappa shape index (κ1) is 22.7. The summed E-state index contributed by atoms with van der Waals surface area (Å²) in [7, 11) is 0. The molecule has 31 heavy (non-hydrogen) atoms. The Morgan fingerprint density at radius 2 is 1.90 bits per heavy atom. The van der Waals surface area contributed by atoms with E-state index in [0.29, 0.717) is 30.4 Å². The highest BCUT2D eigenvalue weighted by atomic mass is 19.1. The van der Waals surface area contributed by atoms with Gasteiger partial charge in [-0.3, -0.25) is 4.79 Å². The summed E-state index contributed by atoms with van der Waals surface area (Å²) in [6, 6.07) is 13.0. The first-order chi connectivity index (χ1) is 14.9. The Balaban J connectivity index is 1.82. The van der Waals surface area contributed by atoms with E-state index in [-0.39, 0.29) is 30.3 Å². The second kappa shape index (κ2) is 10.4. The minimum absolute atomic E-state index is 0.202. The Hall–Kier alpha value is -2.95. The molecule has 0 N–H and O–H groups in total. The fourth-order valence-corrected chi connectivity index (χ4v) is 4.22. The summed E-state index contributed by atoms with van der Waals surface area (Å²) in [4.78, 5) is 27.3. The lowest BCUT2D eigenvalue weighted by atomic mass is 9.90. The van der Waals surface area contributed by atoms with E-state index in [1.807, 2.05) is 36.4 Å². The normalized spacial score (nSPS) is 16.8. The summed E-state index contributed by atoms with van der Waals surface area (Å²) in [6.45, 7) is 7.42. The van der Waals surface area contributed by atoms with Crippen molar-refractivity contribution in [3.8, 4) is 0 Å². The molecule has 2 aromatic rings. The van der Waals surface area contributed by atoms with Crippen LogP contribution >= 0.6 is 0 Å². The average molecular weight is 424 g/mol. The maximum Gasteiger partial charge on any atom is 0.416 e. The first-order valence-corrected chi connectivity index (χ1v) is 10.8. The minimum Gasteiger partial charge on any atom is -0.447 e. The van der Waals surface area contributed by atoms with Crippen LogP contribution in [0.5, 0.6) is 0 Å². The Morgan fingerprint density at radius 1 is 1.23 bits per heavy atom. The maximum absolute atomic E-state index is 14.1. The summed E-state index contributed by atoms with van der Waals surface area (Å²) in [6.07, 6.45) is 4.49. The molecule has 0 aromatic heterocycles. The van der Waals surface area contributed by atoms with Gasteiger partial charge in [-0.25, -0.2) is 14.1 Å². The summed E-state index contributed by atoms with van der Waals surface area (Å²) < 4.78 is 19.3. The number of nitrogens with zero attached hydrogens (tertiary/aromatic N) is 1. The van der Waals surface area contributed by atoms with Crippen LogP contribution in [0.3, 0.4) is 0 Å². The molecule has 0 radical (unpaired) electrons. The molecule has 1 fully saturated rings. The molecule has 1 unspecified atom stereocenters. The van der Waals surface area contributed by atoms with Crippen LogP contribution in [0.1, 0.15) is 41.5 Å². The Morgan fingerprint density at radius 3 is 2.55 bits per heavy atom. The summed E-state index contributed by atoms with van der Waals surface area (Å²) in [5.41, 5.74) is 3.08. The second-order valence-electron chi connectivity index (χ2n) is 8.29.